The summed E-state index contributed by atoms with van der Waals surface area (Å²) in [6, 6.07) is 0. The smallest absolute Gasteiger partial charge is 0.217 e. The van der Waals surface area contributed by atoms with Crippen molar-refractivity contribution in [3.05, 3.63) is 11.6 Å². The maximum Gasteiger partial charge on any atom is 0.217 e. The van der Waals surface area contributed by atoms with E-state index >= 15 is 0 Å². The molecule has 0 fully saturated rings. The van der Waals surface area contributed by atoms with Gasteiger partial charge in [0.1, 0.15) is 0 Å². The van der Waals surface area contributed by atoms with Crippen molar-refractivity contribution in [3.8, 4) is 0 Å². The highest BCUT2D eigenvalue weighted by Gasteiger charge is 2.25. The summed E-state index contributed by atoms with van der Waals surface area (Å²) in [4.78, 5) is 10.7. The fraction of sp³-hybridized carbons (Fsp3) is 0.700. The molecule has 1 unspecified atom stereocenters. The van der Waals surface area contributed by atoms with Crippen LogP contribution in [0.3, 0.4) is 0 Å². The number of nitrogens with one attached hydrogen (secondary N) is 1. The molecule has 1 amide bonds. The molecule has 0 radical (unpaired) electrons. The minimum absolute atomic E-state index is 0.00211. The lowest BCUT2D eigenvalue weighted by Crippen LogP contribution is -2.43. The predicted octanol–water partition coefficient (Wildman–Crippen LogP) is 0.950. The van der Waals surface area contributed by atoms with Gasteiger partial charge in [0.25, 0.3) is 0 Å². The largest absolute Gasteiger partial charge is 0.353 e. The van der Waals surface area contributed by atoms with Crippen LogP contribution >= 0.6 is 0 Å². The first kappa shape index (κ1) is 10.3. The van der Waals surface area contributed by atoms with E-state index in [1.165, 1.54) is 6.92 Å². The molecule has 0 saturated heterocycles. The second-order valence-corrected chi connectivity index (χ2v) is 3.95. The Labute approximate surface area is 79.4 Å². The first-order chi connectivity index (χ1) is 6.02. The lowest BCUT2D eigenvalue weighted by atomic mass is 9.82. The topological polar surface area (TPSA) is 55.1 Å². The standard InChI is InChI=1S/C10H18N2O/c1-8(13)12-7-9-5-3-4-6-10(9,2)11/h5H,3-4,6-7,11H2,1-2H3,(H,12,13). The zero-order chi connectivity index (χ0) is 9.90. The summed E-state index contributed by atoms with van der Waals surface area (Å²) in [5.41, 5.74) is 7.03. The van der Waals surface area contributed by atoms with Crippen LogP contribution in [-0.4, -0.2) is 18.0 Å². The summed E-state index contributed by atoms with van der Waals surface area (Å²) in [6.45, 7) is 4.15. The van der Waals surface area contributed by atoms with Gasteiger partial charge in [-0.15, -0.1) is 0 Å². The SMILES string of the molecule is CC(=O)NCC1=CCCCC1(C)N. The molecule has 3 heteroatoms. The number of carbonyl (C=O) groups excluding carboxylic acids is 1. The molecule has 3 nitrogen and oxygen atoms in total. The number of allylic oxidation sites excluding steroid dienone is 1. The molecule has 0 heterocycles. The molecule has 0 bridgehead atoms. The van der Waals surface area contributed by atoms with Crippen LogP contribution in [0.1, 0.15) is 33.1 Å². The van der Waals surface area contributed by atoms with Gasteiger partial charge in [-0.3, -0.25) is 4.79 Å². The number of rotatable bonds is 2. The third-order valence-corrected chi connectivity index (χ3v) is 2.55. The minimum Gasteiger partial charge on any atom is -0.353 e. The van der Waals surface area contributed by atoms with E-state index in [1.54, 1.807) is 0 Å². The average molecular weight is 182 g/mol. The summed E-state index contributed by atoms with van der Waals surface area (Å²) >= 11 is 0. The van der Waals surface area contributed by atoms with E-state index in [-0.39, 0.29) is 11.4 Å². The van der Waals surface area contributed by atoms with Crippen molar-refractivity contribution in [1.82, 2.24) is 5.32 Å². The molecule has 1 aliphatic carbocycles. The second-order valence-electron chi connectivity index (χ2n) is 3.95. The number of nitrogens with two attached hydrogens (primary N) is 1. The molecule has 13 heavy (non-hydrogen) atoms. The zero-order valence-electron chi connectivity index (χ0n) is 8.39. The van der Waals surface area contributed by atoms with Gasteiger partial charge in [-0.1, -0.05) is 6.08 Å². The highest BCUT2D eigenvalue weighted by Crippen LogP contribution is 2.25. The Hall–Kier alpha value is -0.830. The van der Waals surface area contributed by atoms with Gasteiger partial charge in [0.05, 0.1) is 0 Å². The van der Waals surface area contributed by atoms with E-state index in [1.807, 2.05) is 6.92 Å². The highest BCUT2D eigenvalue weighted by molar-refractivity contribution is 5.73. The van der Waals surface area contributed by atoms with E-state index in [0.29, 0.717) is 6.54 Å². The van der Waals surface area contributed by atoms with E-state index in [2.05, 4.69) is 11.4 Å². The van der Waals surface area contributed by atoms with Crippen LogP contribution in [0.5, 0.6) is 0 Å². The van der Waals surface area contributed by atoms with Gasteiger partial charge >= 0.3 is 0 Å². The maximum atomic E-state index is 10.7. The van der Waals surface area contributed by atoms with Crippen LogP contribution < -0.4 is 11.1 Å². The molecule has 0 aromatic rings. The van der Waals surface area contributed by atoms with Crippen molar-refractivity contribution in [1.29, 1.82) is 0 Å². The third-order valence-electron chi connectivity index (χ3n) is 2.55. The van der Waals surface area contributed by atoms with Gasteiger partial charge in [-0.2, -0.15) is 0 Å². The fourth-order valence-corrected chi connectivity index (χ4v) is 1.63. The summed E-state index contributed by atoms with van der Waals surface area (Å²) in [5.74, 6) is 0.00211. The molecule has 1 rings (SSSR count). The van der Waals surface area contributed by atoms with E-state index < -0.39 is 0 Å². The van der Waals surface area contributed by atoms with Crippen LogP contribution in [0, 0.1) is 0 Å². The Morgan fingerprint density at radius 3 is 3.00 bits per heavy atom. The van der Waals surface area contributed by atoms with Crippen molar-refractivity contribution in [2.24, 2.45) is 5.73 Å². The summed E-state index contributed by atoms with van der Waals surface area (Å²) < 4.78 is 0. The van der Waals surface area contributed by atoms with Gasteiger partial charge in [-0.25, -0.2) is 0 Å². The van der Waals surface area contributed by atoms with Crippen LogP contribution in [0.2, 0.25) is 0 Å². The molecule has 3 N–H and O–H groups in total. The van der Waals surface area contributed by atoms with Crippen LogP contribution in [0.25, 0.3) is 0 Å². The Balaban J connectivity index is 2.56. The number of amides is 1. The Kier molecular flexibility index (Phi) is 3.09. The fourth-order valence-electron chi connectivity index (χ4n) is 1.63. The van der Waals surface area contributed by atoms with Crippen molar-refractivity contribution >= 4 is 5.91 Å². The van der Waals surface area contributed by atoms with Gasteiger partial charge in [0.2, 0.25) is 5.91 Å². The van der Waals surface area contributed by atoms with E-state index in [4.69, 9.17) is 5.73 Å². The van der Waals surface area contributed by atoms with Crippen molar-refractivity contribution in [2.75, 3.05) is 6.54 Å². The van der Waals surface area contributed by atoms with Crippen LogP contribution in [-0.2, 0) is 4.79 Å². The van der Waals surface area contributed by atoms with Gasteiger partial charge in [0.15, 0.2) is 0 Å². The van der Waals surface area contributed by atoms with Gasteiger partial charge in [-0.05, 0) is 31.8 Å². The molecular weight excluding hydrogens is 164 g/mol. The summed E-state index contributed by atoms with van der Waals surface area (Å²) in [7, 11) is 0. The number of hydrogen-bond acceptors (Lipinski definition) is 2. The molecule has 1 aliphatic rings. The molecular formula is C10H18N2O. The molecule has 0 aliphatic heterocycles. The lowest BCUT2D eigenvalue weighted by molar-refractivity contribution is -0.118. The minimum atomic E-state index is -0.222. The normalized spacial score (nSPS) is 28.1. The molecule has 74 valence electrons. The zero-order valence-corrected chi connectivity index (χ0v) is 8.39. The summed E-state index contributed by atoms with van der Waals surface area (Å²) in [6.07, 6.45) is 5.40. The van der Waals surface area contributed by atoms with Gasteiger partial charge in [0, 0.05) is 19.0 Å². The number of hydrogen-bond donors (Lipinski definition) is 2. The lowest BCUT2D eigenvalue weighted by Gasteiger charge is -2.31. The molecule has 0 saturated carbocycles. The molecule has 0 spiro atoms. The first-order valence-corrected chi connectivity index (χ1v) is 4.75. The van der Waals surface area contributed by atoms with Crippen molar-refractivity contribution < 1.29 is 4.79 Å². The Morgan fingerprint density at radius 2 is 2.46 bits per heavy atom. The Morgan fingerprint density at radius 1 is 1.77 bits per heavy atom. The van der Waals surface area contributed by atoms with Gasteiger partial charge < -0.3 is 11.1 Å². The average Bonchev–Trinajstić information content (AvgIpc) is 2.01. The van der Waals surface area contributed by atoms with Crippen molar-refractivity contribution in [3.63, 3.8) is 0 Å². The van der Waals surface area contributed by atoms with Crippen LogP contribution in [0.15, 0.2) is 11.6 Å². The molecule has 0 aromatic carbocycles. The molecule has 0 aromatic heterocycles. The highest BCUT2D eigenvalue weighted by atomic mass is 16.1. The maximum absolute atomic E-state index is 10.7. The monoisotopic (exact) mass is 182 g/mol. The molecule has 1 atom stereocenters. The van der Waals surface area contributed by atoms with Crippen LogP contribution in [0.4, 0.5) is 0 Å². The third kappa shape index (κ3) is 2.84. The second kappa shape index (κ2) is 3.92. The predicted molar refractivity (Wildman–Crippen MR) is 53.2 cm³/mol. The van der Waals surface area contributed by atoms with E-state index in [9.17, 15) is 4.79 Å². The number of carbonyl (C=O) groups is 1. The first-order valence-electron chi connectivity index (χ1n) is 4.75. The van der Waals surface area contributed by atoms with E-state index in [0.717, 1.165) is 24.8 Å². The Bertz CT molecular complexity index is 231. The quantitative estimate of drug-likeness (QED) is 0.625. The summed E-state index contributed by atoms with van der Waals surface area (Å²) in [5, 5.41) is 2.78. The van der Waals surface area contributed by atoms with Crippen molar-refractivity contribution in [2.45, 2.75) is 38.6 Å².